The molecule has 0 bridgehead atoms. The van der Waals surface area contributed by atoms with E-state index in [4.69, 9.17) is 4.74 Å². The highest BCUT2D eigenvalue weighted by molar-refractivity contribution is 5.97. The summed E-state index contributed by atoms with van der Waals surface area (Å²) in [6.07, 6.45) is 5.88. The monoisotopic (exact) mass is 361 g/mol. The fourth-order valence-corrected chi connectivity index (χ4v) is 3.01. The molecule has 0 aliphatic carbocycles. The van der Waals surface area contributed by atoms with E-state index >= 15 is 0 Å². The predicted octanol–water partition coefficient (Wildman–Crippen LogP) is 5.75. The van der Waals surface area contributed by atoms with Crippen LogP contribution in [0.5, 0.6) is 0 Å². The first-order valence-corrected chi connectivity index (χ1v) is 9.62. The second kappa shape index (κ2) is 11.0. The number of unbranched alkanes of at least 4 members (excludes halogenated alkanes) is 1. The third-order valence-corrected chi connectivity index (χ3v) is 4.69. The van der Waals surface area contributed by atoms with Gasteiger partial charge in [-0.1, -0.05) is 81.6 Å². The lowest BCUT2D eigenvalue weighted by Crippen LogP contribution is -2.13. The Hall–Kier alpha value is -2.86. The summed E-state index contributed by atoms with van der Waals surface area (Å²) in [6, 6.07) is 19.2. The van der Waals surface area contributed by atoms with Crippen molar-refractivity contribution in [1.82, 2.24) is 0 Å². The third-order valence-electron chi connectivity index (χ3n) is 4.69. The molecule has 0 N–H and O–H groups in total. The van der Waals surface area contributed by atoms with Crippen molar-refractivity contribution >= 4 is 11.5 Å². The molecule has 2 aromatic rings. The van der Waals surface area contributed by atoms with Crippen LogP contribution in [0.1, 0.15) is 56.2 Å². The number of nitriles is 1. The van der Waals surface area contributed by atoms with Crippen molar-refractivity contribution in [2.75, 3.05) is 6.61 Å². The van der Waals surface area contributed by atoms with E-state index in [2.05, 4.69) is 19.9 Å². The molecular weight excluding hydrogens is 334 g/mol. The molecule has 0 saturated heterocycles. The maximum absolute atomic E-state index is 12.5. The van der Waals surface area contributed by atoms with E-state index in [9.17, 15) is 10.1 Å². The van der Waals surface area contributed by atoms with Crippen LogP contribution in [-0.2, 0) is 9.53 Å². The Morgan fingerprint density at radius 1 is 1.11 bits per heavy atom. The second-order valence-corrected chi connectivity index (χ2v) is 6.63. The first-order valence-electron chi connectivity index (χ1n) is 9.62. The minimum atomic E-state index is -0.364. The van der Waals surface area contributed by atoms with Gasteiger partial charge < -0.3 is 4.74 Å². The summed E-state index contributed by atoms with van der Waals surface area (Å²) >= 11 is 0. The number of carbonyl (C=O) groups excluding carboxylic acids is 1. The lowest BCUT2D eigenvalue weighted by atomic mass is 9.94. The van der Waals surface area contributed by atoms with Gasteiger partial charge in [0.25, 0.3) is 0 Å². The van der Waals surface area contributed by atoms with E-state index < -0.39 is 0 Å². The second-order valence-electron chi connectivity index (χ2n) is 6.63. The fraction of sp³-hybridized carbons (Fsp3) is 0.333. The normalized spacial score (nSPS) is 12.3. The summed E-state index contributed by atoms with van der Waals surface area (Å²) in [5, 5.41) is 9.45. The first kappa shape index (κ1) is 20.5. The van der Waals surface area contributed by atoms with Crippen LogP contribution in [-0.4, -0.2) is 12.6 Å². The Kier molecular flexibility index (Phi) is 8.32. The van der Waals surface area contributed by atoms with Crippen LogP contribution in [0.4, 0.5) is 0 Å². The number of benzene rings is 2. The van der Waals surface area contributed by atoms with E-state index in [-0.39, 0.29) is 5.97 Å². The van der Waals surface area contributed by atoms with Gasteiger partial charge in [-0.15, -0.1) is 0 Å². The van der Waals surface area contributed by atoms with E-state index in [0.717, 1.165) is 36.8 Å². The lowest BCUT2D eigenvalue weighted by Gasteiger charge is -2.14. The van der Waals surface area contributed by atoms with E-state index in [1.807, 2.05) is 48.5 Å². The molecule has 0 aliphatic rings. The Morgan fingerprint density at radius 3 is 2.48 bits per heavy atom. The number of hydrogen-bond acceptors (Lipinski definition) is 3. The van der Waals surface area contributed by atoms with E-state index in [0.29, 0.717) is 23.7 Å². The molecular formula is C24H27NO2. The molecule has 0 heterocycles. The van der Waals surface area contributed by atoms with Gasteiger partial charge in [-0.05, 0) is 29.5 Å². The molecule has 0 amide bonds. The van der Waals surface area contributed by atoms with Gasteiger partial charge >= 0.3 is 5.97 Å². The van der Waals surface area contributed by atoms with Crippen LogP contribution in [0.3, 0.4) is 0 Å². The van der Waals surface area contributed by atoms with Gasteiger partial charge in [0.2, 0.25) is 0 Å². The number of nitrogens with zero attached hydrogens (tertiary/aromatic N) is 1. The van der Waals surface area contributed by atoms with Crippen molar-refractivity contribution in [2.24, 2.45) is 5.92 Å². The van der Waals surface area contributed by atoms with Crippen molar-refractivity contribution in [3.05, 3.63) is 77.4 Å². The van der Waals surface area contributed by atoms with Crippen LogP contribution in [0.15, 0.2) is 60.7 Å². The van der Waals surface area contributed by atoms with Crippen molar-refractivity contribution in [2.45, 2.75) is 39.5 Å². The van der Waals surface area contributed by atoms with Gasteiger partial charge in [0.15, 0.2) is 0 Å². The van der Waals surface area contributed by atoms with Crippen LogP contribution < -0.4 is 0 Å². The molecule has 3 nitrogen and oxygen atoms in total. The minimum absolute atomic E-state index is 0.364. The summed E-state index contributed by atoms with van der Waals surface area (Å²) in [5.41, 5.74) is 2.87. The highest BCUT2D eigenvalue weighted by atomic mass is 16.5. The van der Waals surface area contributed by atoms with Gasteiger partial charge in [0.1, 0.15) is 0 Å². The number of carbonyl (C=O) groups is 1. The zero-order valence-corrected chi connectivity index (χ0v) is 16.2. The van der Waals surface area contributed by atoms with Gasteiger partial charge in [-0.3, -0.25) is 0 Å². The average Bonchev–Trinajstić information content (AvgIpc) is 2.72. The SMILES string of the molecule is CCCCC(CC)COC(=O)/C=C(\c1ccccc1)c1ccccc1C#N. The van der Waals surface area contributed by atoms with Crippen LogP contribution in [0.25, 0.3) is 5.57 Å². The van der Waals surface area contributed by atoms with Gasteiger partial charge in [0.05, 0.1) is 18.2 Å². The molecule has 2 rings (SSSR count). The van der Waals surface area contributed by atoms with Crippen molar-refractivity contribution < 1.29 is 9.53 Å². The molecule has 27 heavy (non-hydrogen) atoms. The Morgan fingerprint density at radius 2 is 1.81 bits per heavy atom. The van der Waals surface area contributed by atoms with Crippen molar-refractivity contribution in [3.63, 3.8) is 0 Å². The number of esters is 1. The quantitative estimate of drug-likeness (QED) is 0.422. The summed E-state index contributed by atoms with van der Waals surface area (Å²) in [5.74, 6) is 0.0328. The predicted molar refractivity (Wildman–Crippen MR) is 109 cm³/mol. The molecule has 1 unspecified atom stereocenters. The summed E-state index contributed by atoms with van der Waals surface area (Å²) < 4.78 is 5.54. The first-order chi connectivity index (χ1) is 13.2. The molecule has 2 aromatic carbocycles. The fourth-order valence-electron chi connectivity index (χ4n) is 3.01. The molecule has 3 heteroatoms. The van der Waals surface area contributed by atoms with Crippen LogP contribution in [0.2, 0.25) is 0 Å². The molecule has 0 fully saturated rings. The van der Waals surface area contributed by atoms with Gasteiger partial charge in [0, 0.05) is 11.6 Å². The molecule has 0 spiro atoms. The van der Waals surface area contributed by atoms with Crippen LogP contribution in [0, 0.1) is 17.2 Å². The number of hydrogen-bond donors (Lipinski definition) is 0. The summed E-state index contributed by atoms with van der Waals surface area (Å²) in [4.78, 5) is 12.5. The van der Waals surface area contributed by atoms with Crippen molar-refractivity contribution in [3.8, 4) is 6.07 Å². The molecule has 1 atom stereocenters. The van der Waals surface area contributed by atoms with Crippen molar-refractivity contribution in [1.29, 1.82) is 5.26 Å². The standard InChI is InChI=1S/C24H27NO2/c1-3-5-11-19(4-2)18-27-24(26)16-23(20-12-7-6-8-13-20)22-15-10-9-14-21(22)17-25/h6-10,12-16,19H,3-5,11,18H2,1-2H3/b23-16+. The van der Waals surface area contributed by atoms with Gasteiger partial charge in [-0.25, -0.2) is 4.79 Å². The maximum atomic E-state index is 12.5. The highest BCUT2D eigenvalue weighted by Gasteiger charge is 2.14. The Labute approximate surface area is 162 Å². The average molecular weight is 361 g/mol. The molecule has 0 saturated carbocycles. The summed E-state index contributed by atoms with van der Waals surface area (Å²) in [7, 11) is 0. The topological polar surface area (TPSA) is 50.1 Å². The van der Waals surface area contributed by atoms with Crippen LogP contribution >= 0.6 is 0 Å². The van der Waals surface area contributed by atoms with Gasteiger partial charge in [-0.2, -0.15) is 5.26 Å². The largest absolute Gasteiger partial charge is 0.462 e. The zero-order valence-electron chi connectivity index (χ0n) is 16.2. The Balaban J connectivity index is 2.26. The highest BCUT2D eigenvalue weighted by Crippen LogP contribution is 2.26. The maximum Gasteiger partial charge on any atom is 0.331 e. The lowest BCUT2D eigenvalue weighted by molar-refractivity contribution is -0.139. The zero-order chi connectivity index (χ0) is 19.5. The van der Waals surface area contributed by atoms with E-state index in [1.165, 1.54) is 6.08 Å². The van der Waals surface area contributed by atoms with E-state index in [1.54, 1.807) is 6.07 Å². The summed E-state index contributed by atoms with van der Waals surface area (Å²) in [6.45, 7) is 4.73. The molecule has 0 radical (unpaired) electrons. The number of ether oxygens (including phenoxy) is 1. The molecule has 0 aromatic heterocycles. The minimum Gasteiger partial charge on any atom is -0.462 e. The number of rotatable bonds is 9. The smallest absolute Gasteiger partial charge is 0.331 e. The Bertz CT molecular complexity index is 803. The molecule has 140 valence electrons. The molecule has 0 aliphatic heterocycles. The third kappa shape index (κ3) is 6.11.